The summed E-state index contributed by atoms with van der Waals surface area (Å²) < 4.78 is 0. The average molecular weight is 305 g/mol. The third-order valence-corrected chi connectivity index (χ3v) is 9.28. The van der Waals surface area contributed by atoms with Crippen LogP contribution < -0.4 is 0 Å². The van der Waals surface area contributed by atoms with Crippen molar-refractivity contribution in [2.24, 2.45) is 40.4 Å². The summed E-state index contributed by atoms with van der Waals surface area (Å²) in [6, 6.07) is 0. The Morgan fingerprint density at radius 3 is 2.41 bits per heavy atom. The molecule has 4 aliphatic rings. The first-order valence-electron chi connectivity index (χ1n) is 10.2. The summed E-state index contributed by atoms with van der Waals surface area (Å²) in [6.07, 6.45) is 13.8. The van der Waals surface area contributed by atoms with Crippen molar-refractivity contribution < 1.29 is 5.11 Å². The zero-order valence-corrected chi connectivity index (χ0v) is 15.0. The third-order valence-electron chi connectivity index (χ3n) is 9.28. The van der Waals surface area contributed by atoms with Gasteiger partial charge >= 0.3 is 0 Å². The van der Waals surface area contributed by atoms with Gasteiger partial charge in [-0.25, -0.2) is 0 Å². The second-order valence-corrected chi connectivity index (χ2v) is 9.77. The summed E-state index contributed by atoms with van der Waals surface area (Å²) in [5.41, 5.74) is 1.04. The van der Waals surface area contributed by atoms with Gasteiger partial charge in [0.15, 0.2) is 0 Å². The van der Waals surface area contributed by atoms with Crippen molar-refractivity contribution in [3.63, 3.8) is 0 Å². The minimum absolute atomic E-state index is 0.00502. The van der Waals surface area contributed by atoms with Crippen LogP contribution >= 0.6 is 0 Å². The Kier molecular flexibility index (Phi) is 3.68. The molecule has 4 saturated carbocycles. The molecule has 0 bridgehead atoms. The average Bonchev–Trinajstić information content (AvgIpc) is 2.84. The summed E-state index contributed by atoms with van der Waals surface area (Å²) in [7, 11) is 0. The van der Waals surface area contributed by atoms with Gasteiger partial charge in [0.05, 0.1) is 6.10 Å². The molecule has 0 aromatic rings. The lowest BCUT2D eigenvalue weighted by Crippen LogP contribution is -2.56. The van der Waals surface area contributed by atoms with Crippen LogP contribution in [0.3, 0.4) is 0 Å². The number of aliphatic hydroxyl groups excluding tert-OH is 1. The third kappa shape index (κ3) is 1.93. The maximum atomic E-state index is 10.9. The van der Waals surface area contributed by atoms with Crippen LogP contribution in [-0.4, -0.2) is 11.2 Å². The Bertz CT molecular complexity index is 432. The number of fused-ring (bicyclic) bond motifs is 5. The highest BCUT2D eigenvalue weighted by Crippen LogP contribution is 2.67. The molecule has 1 nitrogen and oxygen atoms in total. The van der Waals surface area contributed by atoms with Crippen molar-refractivity contribution in [1.82, 2.24) is 0 Å². The molecule has 4 aliphatic carbocycles. The zero-order valence-electron chi connectivity index (χ0n) is 15.0. The Morgan fingerprint density at radius 2 is 1.64 bits per heavy atom. The van der Waals surface area contributed by atoms with Gasteiger partial charge in [-0.05, 0) is 85.4 Å². The first-order valence-corrected chi connectivity index (χ1v) is 10.2. The van der Waals surface area contributed by atoms with Crippen LogP contribution in [0.1, 0.15) is 85.0 Å². The Balaban J connectivity index is 1.66. The van der Waals surface area contributed by atoms with Crippen LogP contribution in [0.4, 0.5) is 0 Å². The van der Waals surface area contributed by atoms with Crippen LogP contribution in [0.2, 0.25) is 0 Å². The second kappa shape index (κ2) is 5.23. The topological polar surface area (TPSA) is 20.2 Å². The van der Waals surface area contributed by atoms with Gasteiger partial charge in [-0.15, -0.1) is 0 Å². The highest BCUT2D eigenvalue weighted by molar-refractivity contribution is 5.10. The summed E-state index contributed by atoms with van der Waals surface area (Å²) in [5, 5.41) is 10.9. The minimum atomic E-state index is -0.00502. The van der Waals surface area contributed by atoms with E-state index < -0.39 is 0 Å². The number of hydrogen-bond donors (Lipinski definition) is 1. The van der Waals surface area contributed by atoms with Crippen molar-refractivity contribution >= 4 is 0 Å². The molecule has 0 heterocycles. The molecule has 0 radical (unpaired) electrons. The van der Waals surface area contributed by atoms with Gasteiger partial charge in [-0.2, -0.15) is 0 Å². The van der Waals surface area contributed by atoms with Gasteiger partial charge in [0.1, 0.15) is 0 Å². The molecule has 1 heteroatoms. The maximum Gasteiger partial charge on any atom is 0.0576 e. The molecule has 0 saturated heterocycles. The molecule has 0 aromatic heterocycles. The molecule has 22 heavy (non-hydrogen) atoms. The summed E-state index contributed by atoms with van der Waals surface area (Å²) in [5.74, 6) is 4.20. The van der Waals surface area contributed by atoms with E-state index in [1.807, 2.05) is 0 Å². The van der Waals surface area contributed by atoms with E-state index in [1.54, 1.807) is 0 Å². The molecule has 126 valence electrons. The summed E-state index contributed by atoms with van der Waals surface area (Å²) in [4.78, 5) is 0. The summed E-state index contributed by atoms with van der Waals surface area (Å²) in [6.45, 7) is 7.57. The fraction of sp³-hybridized carbons (Fsp3) is 1.00. The van der Waals surface area contributed by atoms with Gasteiger partial charge in [0.2, 0.25) is 0 Å². The Morgan fingerprint density at radius 1 is 0.864 bits per heavy atom. The highest BCUT2D eigenvalue weighted by Gasteiger charge is 2.60. The van der Waals surface area contributed by atoms with Crippen molar-refractivity contribution in [1.29, 1.82) is 0 Å². The van der Waals surface area contributed by atoms with Crippen LogP contribution in [-0.2, 0) is 0 Å². The Hall–Kier alpha value is -0.0400. The lowest BCUT2D eigenvalue weighted by molar-refractivity contribution is -0.157. The van der Waals surface area contributed by atoms with E-state index in [1.165, 1.54) is 57.8 Å². The van der Waals surface area contributed by atoms with Gasteiger partial charge < -0.3 is 5.11 Å². The molecule has 4 fully saturated rings. The van der Waals surface area contributed by atoms with E-state index in [9.17, 15) is 5.11 Å². The molecular formula is C21H36O. The standard InChI is InChI=1S/C21H36O/c1-4-14-8-9-16-15-13-19(22)18-7-5-6-11-21(18,3)17(15)10-12-20(14,16)2/h14-19,22H,4-13H2,1-3H3. The fourth-order valence-electron chi connectivity index (χ4n) is 8.14. The van der Waals surface area contributed by atoms with Crippen LogP contribution in [0.25, 0.3) is 0 Å². The first kappa shape index (κ1) is 15.5. The molecular weight excluding hydrogens is 268 g/mol. The molecule has 1 N–H and O–H groups in total. The first-order chi connectivity index (χ1) is 10.5. The zero-order chi connectivity index (χ0) is 15.5. The van der Waals surface area contributed by atoms with E-state index in [-0.39, 0.29) is 6.10 Å². The lowest BCUT2D eigenvalue weighted by atomic mass is 9.44. The molecule has 0 spiro atoms. The molecule has 0 aromatic carbocycles. The quantitative estimate of drug-likeness (QED) is 0.686. The molecule has 8 atom stereocenters. The van der Waals surface area contributed by atoms with Crippen LogP contribution in [0, 0.1) is 40.4 Å². The van der Waals surface area contributed by atoms with Crippen molar-refractivity contribution in [3.8, 4) is 0 Å². The van der Waals surface area contributed by atoms with Gasteiger partial charge in [-0.1, -0.05) is 40.0 Å². The van der Waals surface area contributed by atoms with E-state index in [2.05, 4.69) is 20.8 Å². The number of rotatable bonds is 1. The van der Waals surface area contributed by atoms with E-state index >= 15 is 0 Å². The van der Waals surface area contributed by atoms with Gasteiger partial charge in [0.25, 0.3) is 0 Å². The normalized spacial score (nSPS) is 57.8. The minimum Gasteiger partial charge on any atom is -0.393 e. The molecule has 0 aliphatic heterocycles. The molecule has 0 amide bonds. The largest absolute Gasteiger partial charge is 0.393 e. The van der Waals surface area contributed by atoms with Crippen molar-refractivity contribution in [2.45, 2.75) is 91.1 Å². The highest BCUT2D eigenvalue weighted by atomic mass is 16.3. The van der Waals surface area contributed by atoms with Gasteiger partial charge in [0, 0.05) is 0 Å². The van der Waals surface area contributed by atoms with Crippen LogP contribution in [0.5, 0.6) is 0 Å². The van der Waals surface area contributed by atoms with Crippen molar-refractivity contribution in [2.75, 3.05) is 0 Å². The van der Waals surface area contributed by atoms with E-state index in [0.29, 0.717) is 16.7 Å². The number of hydrogen-bond acceptors (Lipinski definition) is 1. The predicted octanol–water partition coefficient (Wildman–Crippen LogP) is 5.42. The van der Waals surface area contributed by atoms with E-state index in [4.69, 9.17) is 0 Å². The van der Waals surface area contributed by atoms with E-state index in [0.717, 1.165) is 30.1 Å². The predicted molar refractivity (Wildman–Crippen MR) is 91.5 cm³/mol. The van der Waals surface area contributed by atoms with Crippen LogP contribution in [0.15, 0.2) is 0 Å². The van der Waals surface area contributed by atoms with Gasteiger partial charge in [-0.3, -0.25) is 0 Å². The lowest BCUT2D eigenvalue weighted by Gasteiger charge is -2.61. The maximum absolute atomic E-state index is 10.9. The molecule has 8 unspecified atom stereocenters. The molecule has 4 rings (SSSR count). The monoisotopic (exact) mass is 304 g/mol. The Labute approximate surface area is 137 Å². The van der Waals surface area contributed by atoms with Crippen molar-refractivity contribution in [3.05, 3.63) is 0 Å². The SMILES string of the molecule is CCC1CCC2C3CC(O)C4CCCCC4(C)C3CCC12C. The summed E-state index contributed by atoms with van der Waals surface area (Å²) >= 11 is 0. The smallest absolute Gasteiger partial charge is 0.0576 e. The number of aliphatic hydroxyl groups is 1. The second-order valence-electron chi connectivity index (χ2n) is 9.77. The fourth-order valence-corrected chi connectivity index (χ4v) is 8.14.